The lowest BCUT2D eigenvalue weighted by Gasteiger charge is -2.26. The minimum atomic E-state index is 0.0444. The van der Waals surface area contributed by atoms with Crippen LogP contribution >= 0.6 is 11.3 Å². The number of fused-ring (bicyclic) bond motifs is 1. The zero-order chi connectivity index (χ0) is 13.1. The molecule has 1 aliphatic rings. The van der Waals surface area contributed by atoms with Gasteiger partial charge < -0.3 is 4.90 Å². The molecular formula is C14H13N3OS. The summed E-state index contributed by atoms with van der Waals surface area (Å²) >= 11 is 1.62. The number of hydrogen-bond donors (Lipinski definition) is 0. The largest absolute Gasteiger partial charge is 0.334 e. The fourth-order valence-corrected chi connectivity index (χ4v) is 2.72. The Kier molecular flexibility index (Phi) is 3.37. The predicted molar refractivity (Wildman–Crippen MR) is 74.5 cm³/mol. The number of carbonyl (C=O) groups is 1. The Balaban J connectivity index is 1.69. The first-order chi connectivity index (χ1) is 9.33. The lowest BCUT2D eigenvalue weighted by molar-refractivity contribution is -0.126. The van der Waals surface area contributed by atoms with Crippen LogP contribution in [0.2, 0.25) is 0 Å². The van der Waals surface area contributed by atoms with Crippen molar-refractivity contribution in [2.75, 3.05) is 6.54 Å². The first kappa shape index (κ1) is 12.0. The van der Waals surface area contributed by atoms with Gasteiger partial charge in [0.15, 0.2) is 0 Å². The van der Waals surface area contributed by atoms with Crippen molar-refractivity contribution >= 4 is 23.3 Å². The van der Waals surface area contributed by atoms with Crippen molar-refractivity contribution in [3.05, 3.63) is 52.2 Å². The van der Waals surface area contributed by atoms with Crippen LogP contribution in [0.15, 0.2) is 36.1 Å². The summed E-state index contributed by atoms with van der Waals surface area (Å²) in [6.07, 6.45) is 7.67. The van der Waals surface area contributed by atoms with Crippen LogP contribution in [0.5, 0.6) is 0 Å². The van der Waals surface area contributed by atoms with Crippen LogP contribution in [-0.2, 0) is 17.8 Å². The van der Waals surface area contributed by atoms with E-state index in [0.29, 0.717) is 6.54 Å². The zero-order valence-corrected chi connectivity index (χ0v) is 11.1. The Bertz CT molecular complexity index is 607. The van der Waals surface area contributed by atoms with Crippen LogP contribution in [0.4, 0.5) is 0 Å². The van der Waals surface area contributed by atoms with Gasteiger partial charge in [-0.05, 0) is 17.5 Å². The molecule has 0 radical (unpaired) electrons. The molecule has 96 valence electrons. The molecular weight excluding hydrogens is 258 g/mol. The van der Waals surface area contributed by atoms with Crippen molar-refractivity contribution in [1.82, 2.24) is 14.9 Å². The molecule has 0 aromatic carbocycles. The van der Waals surface area contributed by atoms with Gasteiger partial charge in [0.2, 0.25) is 5.91 Å². The fourth-order valence-electron chi connectivity index (χ4n) is 2.10. The number of aromatic nitrogens is 2. The fraction of sp³-hybridized carbons (Fsp3) is 0.214. The highest BCUT2D eigenvalue weighted by molar-refractivity contribution is 7.10. The van der Waals surface area contributed by atoms with Crippen LogP contribution in [-0.4, -0.2) is 27.3 Å². The number of rotatable bonds is 2. The number of amides is 1. The molecule has 0 fully saturated rings. The topological polar surface area (TPSA) is 46.1 Å². The van der Waals surface area contributed by atoms with Crippen molar-refractivity contribution in [1.29, 1.82) is 0 Å². The van der Waals surface area contributed by atoms with Gasteiger partial charge in [0.05, 0.1) is 5.69 Å². The summed E-state index contributed by atoms with van der Waals surface area (Å²) in [6.45, 7) is 1.32. The second-order valence-electron chi connectivity index (χ2n) is 4.35. The summed E-state index contributed by atoms with van der Waals surface area (Å²) in [7, 11) is 0. The normalized spacial score (nSPS) is 14.6. The number of hydrogen-bond acceptors (Lipinski definition) is 4. The van der Waals surface area contributed by atoms with E-state index in [1.807, 2.05) is 28.5 Å². The maximum absolute atomic E-state index is 12.1. The van der Waals surface area contributed by atoms with Crippen molar-refractivity contribution in [2.24, 2.45) is 0 Å². The number of carbonyl (C=O) groups excluding carboxylic acids is 1. The van der Waals surface area contributed by atoms with Gasteiger partial charge >= 0.3 is 0 Å². The third-order valence-electron chi connectivity index (χ3n) is 3.11. The van der Waals surface area contributed by atoms with Gasteiger partial charge in [0.1, 0.15) is 6.33 Å². The van der Waals surface area contributed by atoms with E-state index in [0.717, 1.165) is 29.1 Å². The quantitative estimate of drug-likeness (QED) is 0.786. The molecule has 0 N–H and O–H groups in total. The molecule has 0 saturated heterocycles. The lowest BCUT2D eigenvalue weighted by Crippen LogP contribution is -2.35. The molecule has 4 nitrogen and oxygen atoms in total. The van der Waals surface area contributed by atoms with Gasteiger partial charge in [-0.25, -0.2) is 9.97 Å². The average molecular weight is 271 g/mol. The monoisotopic (exact) mass is 271 g/mol. The van der Waals surface area contributed by atoms with Gasteiger partial charge in [-0.1, -0.05) is 6.07 Å². The van der Waals surface area contributed by atoms with Gasteiger partial charge in [-0.2, -0.15) is 0 Å². The molecule has 0 unspecified atom stereocenters. The van der Waals surface area contributed by atoms with Crippen molar-refractivity contribution in [3.8, 4) is 0 Å². The second kappa shape index (κ2) is 5.32. The van der Waals surface area contributed by atoms with E-state index in [1.54, 1.807) is 29.9 Å². The van der Waals surface area contributed by atoms with Crippen molar-refractivity contribution in [3.63, 3.8) is 0 Å². The van der Waals surface area contributed by atoms with E-state index >= 15 is 0 Å². The minimum absolute atomic E-state index is 0.0444. The van der Waals surface area contributed by atoms with Gasteiger partial charge in [0.25, 0.3) is 0 Å². The molecule has 0 saturated carbocycles. The highest BCUT2D eigenvalue weighted by atomic mass is 32.1. The van der Waals surface area contributed by atoms with E-state index in [1.165, 1.54) is 0 Å². The van der Waals surface area contributed by atoms with E-state index in [-0.39, 0.29) is 5.91 Å². The second-order valence-corrected chi connectivity index (χ2v) is 5.33. The van der Waals surface area contributed by atoms with Gasteiger partial charge in [-0.3, -0.25) is 4.79 Å². The maximum atomic E-state index is 12.1. The third kappa shape index (κ3) is 2.71. The molecule has 5 heteroatoms. The number of nitrogens with zero attached hydrogens (tertiary/aromatic N) is 3. The van der Waals surface area contributed by atoms with E-state index < -0.39 is 0 Å². The Labute approximate surface area is 115 Å². The molecule has 0 atom stereocenters. The Hall–Kier alpha value is -2.01. The van der Waals surface area contributed by atoms with Crippen LogP contribution < -0.4 is 0 Å². The highest BCUT2D eigenvalue weighted by Crippen LogP contribution is 2.16. The standard InChI is InChI=1S/C14H13N3OS/c18-14(4-3-12-2-1-7-19-12)17-6-5-13-11(9-17)8-15-10-16-13/h1-4,7-8,10H,5-6,9H2. The first-order valence-corrected chi connectivity index (χ1v) is 6.99. The first-order valence-electron chi connectivity index (χ1n) is 6.11. The van der Waals surface area contributed by atoms with Crippen LogP contribution in [0.25, 0.3) is 6.08 Å². The summed E-state index contributed by atoms with van der Waals surface area (Å²) in [5, 5.41) is 2.00. The zero-order valence-electron chi connectivity index (χ0n) is 10.3. The molecule has 0 bridgehead atoms. The summed E-state index contributed by atoms with van der Waals surface area (Å²) in [5.41, 5.74) is 2.10. The van der Waals surface area contributed by atoms with Crippen LogP contribution in [0.3, 0.4) is 0 Å². The minimum Gasteiger partial charge on any atom is -0.334 e. The smallest absolute Gasteiger partial charge is 0.246 e. The molecule has 1 amide bonds. The average Bonchev–Trinajstić information content (AvgIpc) is 2.97. The molecule has 2 aromatic heterocycles. The summed E-state index contributed by atoms with van der Waals surface area (Å²) in [6, 6.07) is 3.97. The van der Waals surface area contributed by atoms with E-state index in [2.05, 4.69) is 9.97 Å². The van der Waals surface area contributed by atoms with Gasteiger partial charge in [-0.15, -0.1) is 11.3 Å². The molecule has 0 aliphatic carbocycles. The van der Waals surface area contributed by atoms with E-state index in [4.69, 9.17) is 0 Å². The summed E-state index contributed by atoms with van der Waals surface area (Å²) in [4.78, 5) is 23.3. The maximum Gasteiger partial charge on any atom is 0.246 e. The SMILES string of the molecule is O=C(C=Cc1cccs1)N1CCc2ncncc2C1. The third-order valence-corrected chi connectivity index (χ3v) is 3.94. The Morgan fingerprint density at radius 2 is 2.42 bits per heavy atom. The molecule has 1 aliphatic heterocycles. The summed E-state index contributed by atoms with van der Waals surface area (Å²) in [5.74, 6) is 0.0444. The van der Waals surface area contributed by atoms with Gasteiger partial charge in [0, 0.05) is 42.2 Å². The molecule has 2 aromatic rings. The molecule has 19 heavy (non-hydrogen) atoms. The Morgan fingerprint density at radius 1 is 1.47 bits per heavy atom. The number of thiophene rings is 1. The molecule has 3 rings (SSSR count). The lowest BCUT2D eigenvalue weighted by atomic mass is 10.1. The summed E-state index contributed by atoms with van der Waals surface area (Å²) < 4.78 is 0. The predicted octanol–water partition coefficient (Wildman–Crippen LogP) is 2.14. The van der Waals surface area contributed by atoms with Crippen LogP contribution in [0, 0.1) is 0 Å². The Morgan fingerprint density at radius 3 is 3.26 bits per heavy atom. The highest BCUT2D eigenvalue weighted by Gasteiger charge is 2.19. The molecule has 0 spiro atoms. The van der Waals surface area contributed by atoms with Crippen molar-refractivity contribution < 1.29 is 4.79 Å². The molecule has 3 heterocycles. The van der Waals surface area contributed by atoms with Crippen LogP contribution in [0.1, 0.15) is 16.1 Å². The van der Waals surface area contributed by atoms with E-state index in [9.17, 15) is 4.79 Å². The van der Waals surface area contributed by atoms with Crippen molar-refractivity contribution in [2.45, 2.75) is 13.0 Å².